The predicted molar refractivity (Wildman–Crippen MR) is 95.8 cm³/mol. The number of benzene rings is 1. The fraction of sp³-hybridized carbons (Fsp3) is 0.263. The molecule has 0 bridgehead atoms. The Morgan fingerprint density at radius 2 is 2.08 bits per heavy atom. The normalized spacial score (nSPS) is 11.5. The number of fused-ring (bicyclic) bond motifs is 2. The third-order valence-corrected chi connectivity index (χ3v) is 4.07. The highest BCUT2D eigenvalue weighted by Gasteiger charge is 2.18. The van der Waals surface area contributed by atoms with Gasteiger partial charge in [-0.05, 0) is 39.0 Å². The van der Waals surface area contributed by atoms with Gasteiger partial charge in [0.25, 0.3) is 0 Å². The molecule has 1 aromatic carbocycles. The number of carbonyl (C=O) groups is 1. The number of nitrogens with zero attached hydrogens (tertiary/aromatic N) is 4. The van der Waals surface area contributed by atoms with Crippen LogP contribution >= 0.6 is 0 Å². The molecule has 26 heavy (non-hydrogen) atoms. The second-order valence-electron chi connectivity index (χ2n) is 6.38. The van der Waals surface area contributed by atoms with Gasteiger partial charge in [0, 0.05) is 11.7 Å². The Labute approximate surface area is 149 Å². The van der Waals surface area contributed by atoms with Crippen molar-refractivity contribution in [1.82, 2.24) is 19.7 Å². The van der Waals surface area contributed by atoms with Gasteiger partial charge in [0.05, 0.1) is 17.1 Å². The molecule has 0 saturated carbocycles. The van der Waals surface area contributed by atoms with Gasteiger partial charge in [-0.25, -0.2) is 19.4 Å². The summed E-state index contributed by atoms with van der Waals surface area (Å²) in [5.41, 5.74) is 3.25. The molecule has 4 aromatic rings. The number of para-hydroxylation sites is 2. The van der Waals surface area contributed by atoms with E-state index in [1.54, 1.807) is 16.9 Å². The largest absolute Gasteiger partial charge is 0.452 e. The summed E-state index contributed by atoms with van der Waals surface area (Å²) in [5, 5.41) is 5.01. The molecule has 0 amide bonds. The van der Waals surface area contributed by atoms with E-state index in [2.05, 4.69) is 15.1 Å². The number of aromatic nitrogens is 4. The average molecular weight is 350 g/mol. The molecule has 0 aliphatic rings. The molecule has 3 heterocycles. The molecule has 7 heteroatoms. The van der Waals surface area contributed by atoms with Crippen molar-refractivity contribution in [3.05, 3.63) is 53.7 Å². The van der Waals surface area contributed by atoms with Crippen LogP contribution in [0.15, 0.2) is 40.9 Å². The van der Waals surface area contributed by atoms with E-state index >= 15 is 0 Å². The molecular weight excluding hydrogens is 332 g/mol. The van der Waals surface area contributed by atoms with Crippen LogP contribution in [0.25, 0.3) is 22.1 Å². The van der Waals surface area contributed by atoms with Crippen LogP contribution in [0.4, 0.5) is 0 Å². The summed E-state index contributed by atoms with van der Waals surface area (Å²) in [5.74, 6) is -0.0921. The molecular formula is C19H18N4O3. The fourth-order valence-electron chi connectivity index (χ4n) is 2.88. The van der Waals surface area contributed by atoms with Crippen molar-refractivity contribution in [2.24, 2.45) is 0 Å². The van der Waals surface area contributed by atoms with Gasteiger partial charge in [-0.15, -0.1) is 0 Å². The number of ether oxygens (including phenoxy) is 1. The van der Waals surface area contributed by atoms with E-state index in [0.717, 1.165) is 11.2 Å². The maximum Gasteiger partial charge on any atom is 0.339 e. The van der Waals surface area contributed by atoms with E-state index in [1.165, 1.54) is 0 Å². The lowest BCUT2D eigenvalue weighted by molar-refractivity contribution is 0.0442. The van der Waals surface area contributed by atoms with E-state index in [0.29, 0.717) is 28.1 Å². The molecule has 3 aromatic heterocycles. The van der Waals surface area contributed by atoms with Crippen LogP contribution in [0.3, 0.4) is 0 Å². The average Bonchev–Trinajstić information content (AvgIpc) is 3.22. The van der Waals surface area contributed by atoms with E-state index < -0.39 is 5.97 Å². The van der Waals surface area contributed by atoms with Gasteiger partial charge < -0.3 is 9.15 Å². The molecule has 7 nitrogen and oxygen atoms in total. The quantitative estimate of drug-likeness (QED) is 0.520. The Morgan fingerprint density at radius 3 is 2.85 bits per heavy atom. The van der Waals surface area contributed by atoms with Crippen molar-refractivity contribution in [3.63, 3.8) is 0 Å². The zero-order chi connectivity index (χ0) is 18.3. The summed E-state index contributed by atoms with van der Waals surface area (Å²) in [6, 6.07) is 9.27. The first-order valence-electron chi connectivity index (χ1n) is 8.39. The van der Waals surface area contributed by atoms with Crippen molar-refractivity contribution in [1.29, 1.82) is 0 Å². The third-order valence-electron chi connectivity index (χ3n) is 4.07. The van der Waals surface area contributed by atoms with Gasteiger partial charge >= 0.3 is 5.97 Å². The number of rotatable bonds is 4. The summed E-state index contributed by atoms with van der Waals surface area (Å²) in [7, 11) is 0. The van der Waals surface area contributed by atoms with Gasteiger partial charge in [-0.2, -0.15) is 5.10 Å². The molecule has 0 atom stereocenters. The molecule has 0 unspecified atom stereocenters. The van der Waals surface area contributed by atoms with Crippen molar-refractivity contribution in [2.45, 2.75) is 33.4 Å². The molecule has 0 saturated heterocycles. The molecule has 0 aliphatic carbocycles. The summed E-state index contributed by atoms with van der Waals surface area (Å²) in [6.45, 7) is 5.84. The number of esters is 1. The molecule has 0 aliphatic heterocycles. The van der Waals surface area contributed by atoms with Gasteiger partial charge in [0.2, 0.25) is 5.89 Å². The number of oxazole rings is 1. The monoisotopic (exact) mass is 350 g/mol. The molecule has 132 valence electrons. The highest BCUT2D eigenvalue weighted by molar-refractivity contribution is 6.02. The zero-order valence-corrected chi connectivity index (χ0v) is 14.8. The van der Waals surface area contributed by atoms with E-state index in [1.807, 2.05) is 45.0 Å². The molecule has 0 fully saturated rings. The van der Waals surface area contributed by atoms with Crippen LogP contribution in [-0.4, -0.2) is 25.7 Å². The summed E-state index contributed by atoms with van der Waals surface area (Å²) in [4.78, 5) is 21.4. The van der Waals surface area contributed by atoms with Crippen molar-refractivity contribution < 1.29 is 13.9 Å². The van der Waals surface area contributed by atoms with Gasteiger partial charge in [-0.1, -0.05) is 12.1 Å². The number of carbonyl (C=O) groups excluding carboxylic acids is 1. The fourth-order valence-corrected chi connectivity index (χ4v) is 2.88. The Hall–Kier alpha value is -3.22. The van der Waals surface area contributed by atoms with E-state index in [-0.39, 0.29) is 12.6 Å². The second kappa shape index (κ2) is 6.25. The summed E-state index contributed by atoms with van der Waals surface area (Å²) >= 11 is 0. The minimum atomic E-state index is -0.453. The minimum Gasteiger partial charge on any atom is -0.452 e. The maximum atomic E-state index is 12.6. The highest BCUT2D eigenvalue weighted by Crippen LogP contribution is 2.22. The van der Waals surface area contributed by atoms with E-state index in [9.17, 15) is 4.79 Å². The standard InChI is InChI=1S/C19H18N4O3/c1-11(2)23-18-14(9-20-23)13(8-12(3)21-18)19(24)25-10-17-22-15-6-4-5-7-16(15)26-17/h4-9,11H,10H2,1-3H3. The molecule has 0 spiro atoms. The molecule has 0 radical (unpaired) electrons. The Balaban J connectivity index is 1.61. The smallest absolute Gasteiger partial charge is 0.339 e. The van der Waals surface area contributed by atoms with Crippen LogP contribution in [0, 0.1) is 6.92 Å². The molecule has 0 N–H and O–H groups in total. The SMILES string of the molecule is Cc1cc(C(=O)OCc2nc3ccccc3o2)c2cnn(C(C)C)c2n1. The van der Waals surface area contributed by atoms with Crippen molar-refractivity contribution >= 4 is 28.1 Å². The minimum absolute atomic E-state index is 0.0330. The van der Waals surface area contributed by atoms with Crippen LogP contribution in [0.1, 0.15) is 41.8 Å². The van der Waals surface area contributed by atoms with Crippen LogP contribution in [0.2, 0.25) is 0 Å². The Kier molecular flexibility index (Phi) is 3.91. The van der Waals surface area contributed by atoms with Crippen LogP contribution in [0.5, 0.6) is 0 Å². The zero-order valence-electron chi connectivity index (χ0n) is 14.8. The predicted octanol–water partition coefficient (Wildman–Crippen LogP) is 3.82. The maximum absolute atomic E-state index is 12.6. The Morgan fingerprint density at radius 1 is 1.27 bits per heavy atom. The highest BCUT2D eigenvalue weighted by atomic mass is 16.5. The lowest BCUT2D eigenvalue weighted by atomic mass is 10.1. The van der Waals surface area contributed by atoms with Crippen molar-refractivity contribution in [2.75, 3.05) is 0 Å². The van der Waals surface area contributed by atoms with Gasteiger partial charge in [0.15, 0.2) is 17.8 Å². The van der Waals surface area contributed by atoms with E-state index in [4.69, 9.17) is 9.15 Å². The van der Waals surface area contributed by atoms with Crippen LogP contribution < -0.4 is 0 Å². The number of hydrogen-bond donors (Lipinski definition) is 0. The first-order valence-corrected chi connectivity index (χ1v) is 8.39. The number of pyridine rings is 1. The van der Waals surface area contributed by atoms with Crippen molar-refractivity contribution in [3.8, 4) is 0 Å². The van der Waals surface area contributed by atoms with Gasteiger partial charge in [-0.3, -0.25) is 0 Å². The Bertz CT molecular complexity index is 1080. The van der Waals surface area contributed by atoms with Gasteiger partial charge in [0.1, 0.15) is 5.52 Å². The molecule has 4 rings (SSSR count). The topological polar surface area (TPSA) is 83.0 Å². The number of hydrogen-bond acceptors (Lipinski definition) is 6. The first-order chi connectivity index (χ1) is 12.5. The lowest BCUT2D eigenvalue weighted by Crippen LogP contribution is -2.08. The number of aryl methyl sites for hydroxylation is 1. The summed E-state index contributed by atoms with van der Waals surface area (Å²) < 4.78 is 12.8. The third kappa shape index (κ3) is 2.81. The first kappa shape index (κ1) is 16.3. The summed E-state index contributed by atoms with van der Waals surface area (Å²) in [6.07, 6.45) is 1.65. The second-order valence-corrected chi connectivity index (χ2v) is 6.38. The lowest BCUT2D eigenvalue weighted by Gasteiger charge is -2.08. The van der Waals surface area contributed by atoms with Crippen LogP contribution in [-0.2, 0) is 11.3 Å².